The summed E-state index contributed by atoms with van der Waals surface area (Å²) in [6.45, 7) is 0.750. The quantitative estimate of drug-likeness (QED) is 0.783. The Hall–Kier alpha value is -0.380. The molecule has 0 unspecified atom stereocenters. The van der Waals surface area contributed by atoms with Gasteiger partial charge in [-0.15, -0.1) is 0 Å². The molecule has 1 rings (SSSR count). The summed E-state index contributed by atoms with van der Waals surface area (Å²) in [5, 5.41) is 0.755. The van der Waals surface area contributed by atoms with Crippen LogP contribution in [0.15, 0.2) is 18.2 Å². The molecule has 0 aliphatic rings. The van der Waals surface area contributed by atoms with Crippen LogP contribution in [0.1, 0.15) is 12.0 Å². The number of halogens is 1. The molecule has 0 aromatic heterocycles. The third-order valence-electron chi connectivity index (χ3n) is 1.99. The van der Waals surface area contributed by atoms with E-state index in [9.17, 15) is 0 Å². The van der Waals surface area contributed by atoms with Crippen molar-refractivity contribution in [3.63, 3.8) is 0 Å². The molecule has 2 N–H and O–H groups in total. The fraction of sp³-hybridized carbons (Fsp3) is 0.455. The van der Waals surface area contributed by atoms with Crippen LogP contribution in [-0.4, -0.2) is 19.4 Å². The lowest BCUT2D eigenvalue weighted by molar-refractivity contribution is 0.411. The summed E-state index contributed by atoms with van der Waals surface area (Å²) in [4.78, 5) is 0. The molecule has 0 spiro atoms. The first-order chi connectivity index (χ1) is 7.27. The van der Waals surface area contributed by atoms with Crippen LogP contribution in [0, 0.1) is 0 Å². The summed E-state index contributed by atoms with van der Waals surface area (Å²) in [6.07, 6.45) is 1.05. The highest BCUT2D eigenvalue weighted by Gasteiger charge is 2.03. The average Bonchev–Trinajstić information content (AvgIpc) is 2.25. The van der Waals surface area contributed by atoms with Gasteiger partial charge in [-0.25, -0.2) is 0 Å². The van der Waals surface area contributed by atoms with Crippen molar-refractivity contribution in [2.75, 3.05) is 19.4 Å². The lowest BCUT2D eigenvalue weighted by atomic mass is 10.2. The minimum absolute atomic E-state index is 0.750. The second-order valence-electron chi connectivity index (χ2n) is 3.15. The number of benzene rings is 1. The molecule has 0 aliphatic carbocycles. The van der Waals surface area contributed by atoms with Crippen LogP contribution in [0.2, 0.25) is 5.02 Å². The molecule has 15 heavy (non-hydrogen) atoms. The van der Waals surface area contributed by atoms with Gasteiger partial charge in [-0.2, -0.15) is 11.8 Å². The van der Waals surface area contributed by atoms with Crippen molar-refractivity contribution >= 4 is 23.4 Å². The molecule has 0 fully saturated rings. The Balaban J connectivity index is 2.54. The zero-order valence-corrected chi connectivity index (χ0v) is 10.4. The van der Waals surface area contributed by atoms with E-state index in [0.717, 1.165) is 40.8 Å². The molecule has 0 heterocycles. The standard InChI is InChI=1S/C11H16ClNOS/c1-14-11-4-3-10(12)7-9(11)8-15-6-2-5-13/h3-4,7H,2,5-6,8,13H2,1H3. The summed E-state index contributed by atoms with van der Waals surface area (Å²) in [6, 6.07) is 5.70. The zero-order chi connectivity index (χ0) is 11.1. The zero-order valence-electron chi connectivity index (χ0n) is 8.83. The molecular formula is C11H16ClNOS. The van der Waals surface area contributed by atoms with Gasteiger partial charge in [-0.05, 0) is 36.9 Å². The topological polar surface area (TPSA) is 35.2 Å². The SMILES string of the molecule is COc1ccc(Cl)cc1CSCCCN. The molecular weight excluding hydrogens is 230 g/mol. The minimum Gasteiger partial charge on any atom is -0.496 e. The molecule has 2 nitrogen and oxygen atoms in total. The van der Waals surface area contributed by atoms with Crippen molar-refractivity contribution in [1.29, 1.82) is 0 Å². The first-order valence-electron chi connectivity index (χ1n) is 4.88. The molecule has 84 valence electrons. The summed E-state index contributed by atoms with van der Waals surface area (Å²) >= 11 is 7.78. The van der Waals surface area contributed by atoms with Gasteiger partial charge in [0, 0.05) is 16.3 Å². The molecule has 0 amide bonds. The van der Waals surface area contributed by atoms with Gasteiger partial charge in [-0.3, -0.25) is 0 Å². The highest BCUT2D eigenvalue weighted by atomic mass is 35.5. The largest absolute Gasteiger partial charge is 0.496 e. The third kappa shape index (κ3) is 4.33. The lowest BCUT2D eigenvalue weighted by Gasteiger charge is -2.08. The van der Waals surface area contributed by atoms with E-state index < -0.39 is 0 Å². The smallest absolute Gasteiger partial charge is 0.122 e. The van der Waals surface area contributed by atoms with E-state index in [4.69, 9.17) is 22.1 Å². The number of ether oxygens (including phenoxy) is 1. The molecule has 0 saturated heterocycles. The van der Waals surface area contributed by atoms with Gasteiger partial charge in [0.25, 0.3) is 0 Å². The van der Waals surface area contributed by atoms with Crippen LogP contribution < -0.4 is 10.5 Å². The number of hydrogen-bond acceptors (Lipinski definition) is 3. The van der Waals surface area contributed by atoms with Crippen molar-refractivity contribution in [3.05, 3.63) is 28.8 Å². The molecule has 4 heteroatoms. The second-order valence-corrected chi connectivity index (χ2v) is 4.69. The molecule has 0 bridgehead atoms. The maximum absolute atomic E-state index is 5.93. The van der Waals surface area contributed by atoms with Crippen LogP contribution in [0.25, 0.3) is 0 Å². The molecule has 0 radical (unpaired) electrons. The van der Waals surface area contributed by atoms with Gasteiger partial charge in [0.2, 0.25) is 0 Å². The van der Waals surface area contributed by atoms with Gasteiger partial charge in [0.05, 0.1) is 7.11 Å². The monoisotopic (exact) mass is 245 g/mol. The van der Waals surface area contributed by atoms with Gasteiger partial charge in [0.15, 0.2) is 0 Å². The molecule has 0 aliphatic heterocycles. The van der Waals surface area contributed by atoms with Crippen molar-refractivity contribution in [2.45, 2.75) is 12.2 Å². The summed E-state index contributed by atoms with van der Waals surface area (Å²) in [5.41, 5.74) is 6.57. The Morgan fingerprint density at radius 3 is 2.93 bits per heavy atom. The molecule has 1 aromatic carbocycles. The molecule has 1 aromatic rings. The van der Waals surface area contributed by atoms with Crippen molar-refractivity contribution in [2.24, 2.45) is 5.73 Å². The van der Waals surface area contributed by atoms with Gasteiger partial charge in [-0.1, -0.05) is 11.6 Å². The van der Waals surface area contributed by atoms with E-state index in [0.29, 0.717) is 0 Å². The summed E-state index contributed by atoms with van der Waals surface area (Å²) in [5.74, 6) is 2.90. The number of nitrogens with two attached hydrogens (primary N) is 1. The third-order valence-corrected chi connectivity index (χ3v) is 3.32. The Labute approximate surface area is 100 Å². The van der Waals surface area contributed by atoms with Crippen LogP contribution >= 0.6 is 23.4 Å². The Bertz CT molecular complexity index is 307. The molecule has 0 saturated carbocycles. The number of methoxy groups -OCH3 is 1. The fourth-order valence-electron chi connectivity index (χ4n) is 1.23. The first kappa shape index (κ1) is 12.7. The van der Waals surface area contributed by atoms with Gasteiger partial charge < -0.3 is 10.5 Å². The maximum atomic E-state index is 5.93. The Morgan fingerprint density at radius 2 is 2.27 bits per heavy atom. The van der Waals surface area contributed by atoms with Crippen LogP contribution in [0.4, 0.5) is 0 Å². The first-order valence-corrected chi connectivity index (χ1v) is 6.41. The van der Waals surface area contributed by atoms with Gasteiger partial charge >= 0.3 is 0 Å². The van der Waals surface area contributed by atoms with E-state index in [2.05, 4.69) is 0 Å². The van der Waals surface area contributed by atoms with Crippen LogP contribution in [0.3, 0.4) is 0 Å². The van der Waals surface area contributed by atoms with E-state index in [1.165, 1.54) is 0 Å². The number of hydrogen-bond donors (Lipinski definition) is 1. The van der Waals surface area contributed by atoms with Crippen molar-refractivity contribution in [3.8, 4) is 5.75 Å². The number of rotatable bonds is 6. The molecule has 0 atom stereocenters. The Morgan fingerprint density at radius 1 is 1.47 bits per heavy atom. The maximum Gasteiger partial charge on any atom is 0.122 e. The predicted octanol–water partition coefficient (Wildman–Crippen LogP) is 2.93. The Kier molecular flexibility index (Phi) is 5.91. The fourth-order valence-corrected chi connectivity index (χ4v) is 2.38. The average molecular weight is 246 g/mol. The van der Waals surface area contributed by atoms with E-state index in [1.54, 1.807) is 7.11 Å². The van der Waals surface area contributed by atoms with Crippen LogP contribution in [-0.2, 0) is 5.75 Å². The predicted molar refractivity (Wildman–Crippen MR) is 67.8 cm³/mol. The second kappa shape index (κ2) is 6.99. The summed E-state index contributed by atoms with van der Waals surface area (Å²) in [7, 11) is 1.68. The van der Waals surface area contributed by atoms with Crippen molar-refractivity contribution in [1.82, 2.24) is 0 Å². The van der Waals surface area contributed by atoms with E-state index in [1.807, 2.05) is 30.0 Å². The van der Waals surface area contributed by atoms with E-state index >= 15 is 0 Å². The van der Waals surface area contributed by atoms with Crippen LogP contribution in [0.5, 0.6) is 5.75 Å². The van der Waals surface area contributed by atoms with E-state index in [-0.39, 0.29) is 0 Å². The highest BCUT2D eigenvalue weighted by Crippen LogP contribution is 2.26. The highest BCUT2D eigenvalue weighted by molar-refractivity contribution is 7.98. The minimum atomic E-state index is 0.750. The number of thioether (sulfide) groups is 1. The summed E-state index contributed by atoms with van der Waals surface area (Å²) < 4.78 is 5.26. The normalized spacial score (nSPS) is 10.3. The van der Waals surface area contributed by atoms with Crippen molar-refractivity contribution < 1.29 is 4.74 Å². The van der Waals surface area contributed by atoms with Gasteiger partial charge in [0.1, 0.15) is 5.75 Å². The lowest BCUT2D eigenvalue weighted by Crippen LogP contribution is -1.99.